The second kappa shape index (κ2) is 7.03. The highest BCUT2D eigenvalue weighted by Crippen LogP contribution is 2.32. The molecular weight excluding hydrogens is 274 g/mol. The third kappa shape index (κ3) is 4.42. The van der Waals surface area contributed by atoms with Gasteiger partial charge in [0.1, 0.15) is 0 Å². The Labute approximate surface area is 122 Å². The molecule has 3 N–H and O–H groups in total. The third-order valence-corrected chi connectivity index (χ3v) is 3.44. The monoisotopic (exact) mass is 293 g/mol. The average molecular weight is 293 g/mol. The van der Waals surface area contributed by atoms with E-state index in [-0.39, 0.29) is 36.4 Å². The summed E-state index contributed by atoms with van der Waals surface area (Å²) >= 11 is 0. The largest absolute Gasteiger partial charge is 0.486 e. The predicted octanol–water partition coefficient (Wildman–Crippen LogP) is 1.22. The molecule has 1 amide bonds. The van der Waals surface area contributed by atoms with Crippen LogP contribution in [0, 0.1) is 16.0 Å². The Kier molecular flexibility index (Phi) is 5.10. The van der Waals surface area contributed by atoms with Crippen molar-refractivity contribution in [1.29, 1.82) is 0 Å². The predicted molar refractivity (Wildman–Crippen MR) is 76.9 cm³/mol. The lowest BCUT2D eigenvalue weighted by molar-refractivity contribution is -0.385. The number of benzene rings is 1. The summed E-state index contributed by atoms with van der Waals surface area (Å²) in [5.74, 6) is 0.527. The molecular formula is C14H19N3O4. The van der Waals surface area contributed by atoms with Gasteiger partial charge in [-0.1, -0.05) is 12.1 Å². The minimum atomic E-state index is -0.507. The second-order valence-electron chi connectivity index (χ2n) is 5.07. The minimum Gasteiger partial charge on any atom is -0.486 e. The Morgan fingerprint density at radius 1 is 1.48 bits per heavy atom. The molecule has 0 radical (unpaired) electrons. The zero-order valence-electron chi connectivity index (χ0n) is 11.7. The first kappa shape index (κ1) is 15.2. The molecule has 1 unspecified atom stereocenters. The van der Waals surface area contributed by atoms with Crippen LogP contribution < -0.4 is 15.8 Å². The first-order valence-electron chi connectivity index (χ1n) is 6.97. The molecule has 1 atom stereocenters. The van der Waals surface area contributed by atoms with Crippen LogP contribution in [-0.2, 0) is 4.79 Å². The van der Waals surface area contributed by atoms with E-state index in [0.29, 0.717) is 12.5 Å². The highest BCUT2D eigenvalue weighted by atomic mass is 16.6. The van der Waals surface area contributed by atoms with E-state index in [1.165, 1.54) is 12.1 Å². The van der Waals surface area contributed by atoms with Gasteiger partial charge in [0.25, 0.3) is 0 Å². The molecule has 0 bridgehead atoms. The molecule has 7 heteroatoms. The van der Waals surface area contributed by atoms with Crippen molar-refractivity contribution in [1.82, 2.24) is 5.32 Å². The van der Waals surface area contributed by atoms with E-state index in [4.69, 9.17) is 10.5 Å². The van der Waals surface area contributed by atoms with E-state index >= 15 is 0 Å². The van der Waals surface area contributed by atoms with Crippen molar-refractivity contribution < 1.29 is 14.5 Å². The second-order valence-corrected chi connectivity index (χ2v) is 5.07. The van der Waals surface area contributed by atoms with E-state index in [1.54, 1.807) is 12.1 Å². The van der Waals surface area contributed by atoms with E-state index in [2.05, 4.69) is 5.32 Å². The van der Waals surface area contributed by atoms with Gasteiger partial charge < -0.3 is 15.8 Å². The number of para-hydroxylation sites is 2. The van der Waals surface area contributed by atoms with Gasteiger partial charge in [-0.15, -0.1) is 0 Å². The van der Waals surface area contributed by atoms with Gasteiger partial charge in [-0.05, 0) is 24.8 Å². The summed E-state index contributed by atoms with van der Waals surface area (Å²) in [7, 11) is 0. The van der Waals surface area contributed by atoms with E-state index in [9.17, 15) is 14.9 Å². The molecule has 21 heavy (non-hydrogen) atoms. The SMILES string of the molecule is NCC(NC(=O)CCOc1ccccc1[N+](=O)[O-])C1CC1. The van der Waals surface area contributed by atoms with E-state index in [1.807, 2.05) is 0 Å². The fourth-order valence-electron chi connectivity index (χ4n) is 2.13. The zero-order valence-corrected chi connectivity index (χ0v) is 11.7. The van der Waals surface area contributed by atoms with Crippen molar-refractivity contribution in [3.63, 3.8) is 0 Å². The van der Waals surface area contributed by atoms with Crippen LogP contribution in [0.2, 0.25) is 0 Å². The molecule has 0 aliphatic heterocycles. The Hall–Kier alpha value is -2.15. The summed E-state index contributed by atoms with van der Waals surface area (Å²) in [6.07, 6.45) is 2.36. The van der Waals surface area contributed by atoms with Gasteiger partial charge in [-0.25, -0.2) is 0 Å². The number of rotatable bonds is 8. The smallest absolute Gasteiger partial charge is 0.310 e. The molecule has 0 saturated heterocycles. The Morgan fingerprint density at radius 3 is 2.81 bits per heavy atom. The lowest BCUT2D eigenvalue weighted by Crippen LogP contribution is -2.42. The Balaban J connectivity index is 1.78. The maximum atomic E-state index is 11.8. The van der Waals surface area contributed by atoms with Gasteiger partial charge >= 0.3 is 5.69 Å². The number of nitrogens with two attached hydrogens (primary N) is 1. The molecule has 1 aromatic carbocycles. The van der Waals surface area contributed by atoms with Crippen LogP contribution >= 0.6 is 0 Å². The molecule has 0 heterocycles. The molecule has 1 saturated carbocycles. The summed E-state index contributed by atoms with van der Waals surface area (Å²) in [4.78, 5) is 22.1. The van der Waals surface area contributed by atoms with Crippen molar-refractivity contribution in [2.75, 3.05) is 13.2 Å². The number of hydrogen-bond donors (Lipinski definition) is 2. The van der Waals surface area contributed by atoms with Crippen molar-refractivity contribution >= 4 is 11.6 Å². The number of carbonyl (C=O) groups is 1. The lowest BCUT2D eigenvalue weighted by atomic mass is 10.2. The van der Waals surface area contributed by atoms with Crippen molar-refractivity contribution in [2.24, 2.45) is 11.7 Å². The fraction of sp³-hybridized carbons (Fsp3) is 0.500. The van der Waals surface area contributed by atoms with Crippen molar-refractivity contribution in [3.05, 3.63) is 34.4 Å². The highest BCUT2D eigenvalue weighted by molar-refractivity contribution is 5.76. The molecule has 0 aromatic heterocycles. The van der Waals surface area contributed by atoms with Gasteiger partial charge in [-0.2, -0.15) is 0 Å². The number of amides is 1. The lowest BCUT2D eigenvalue weighted by Gasteiger charge is -2.16. The summed E-state index contributed by atoms with van der Waals surface area (Å²) in [6.45, 7) is 0.528. The number of nitro groups is 1. The zero-order chi connectivity index (χ0) is 15.2. The molecule has 1 aliphatic rings. The summed E-state index contributed by atoms with van der Waals surface area (Å²) < 4.78 is 5.33. The fourth-order valence-corrected chi connectivity index (χ4v) is 2.13. The Morgan fingerprint density at radius 2 is 2.19 bits per heavy atom. The maximum Gasteiger partial charge on any atom is 0.310 e. The Bertz CT molecular complexity index is 517. The van der Waals surface area contributed by atoms with Crippen LogP contribution in [0.5, 0.6) is 5.75 Å². The van der Waals surface area contributed by atoms with Gasteiger partial charge in [0.15, 0.2) is 5.75 Å². The van der Waals surface area contributed by atoms with Crippen LogP contribution in [0.25, 0.3) is 0 Å². The molecule has 1 fully saturated rings. The van der Waals surface area contributed by atoms with Gasteiger partial charge in [0.05, 0.1) is 18.0 Å². The van der Waals surface area contributed by atoms with Gasteiger partial charge in [0.2, 0.25) is 5.91 Å². The number of ether oxygens (including phenoxy) is 1. The summed E-state index contributed by atoms with van der Waals surface area (Å²) in [5, 5.41) is 13.7. The van der Waals surface area contributed by atoms with Gasteiger partial charge in [-0.3, -0.25) is 14.9 Å². The third-order valence-electron chi connectivity index (χ3n) is 3.44. The van der Waals surface area contributed by atoms with Gasteiger partial charge in [0, 0.05) is 18.7 Å². The first-order valence-corrected chi connectivity index (χ1v) is 6.97. The van der Waals surface area contributed by atoms with Crippen LogP contribution in [-0.4, -0.2) is 30.0 Å². The standard InChI is InChI=1S/C14H19N3O4/c15-9-11(10-5-6-10)16-14(18)7-8-21-13-4-2-1-3-12(13)17(19)20/h1-4,10-11H,5-9,15H2,(H,16,18). The quantitative estimate of drug-likeness (QED) is 0.553. The number of nitrogens with zero attached hydrogens (tertiary/aromatic N) is 1. The minimum absolute atomic E-state index is 0.0311. The number of nitrogens with one attached hydrogen (secondary N) is 1. The van der Waals surface area contributed by atoms with Crippen LogP contribution in [0.3, 0.4) is 0 Å². The van der Waals surface area contributed by atoms with Crippen molar-refractivity contribution in [3.8, 4) is 5.75 Å². The molecule has 0 spiro atoms. The molecule has 114 valence electrons. The van der Waals surface area contributed by atoms with E-state index in [0.717, 1.165) is 12.8 Å². The number of hydrogen-bond acceptors (Lipinski definition) is 5. The topological polar surface area (TPSA) is 107 Å². The van der Waals surface area contributed by atoms with E-state index < -0.39 is 4.92 Å². The molecule has 7 nitrogen and oxygen atoms in total. The van der Waals surface area contributed by atoms with Crippen LogP contribution in [0.1, 0.15) is 19.3 Å². The maximum absolute atomic E-state index is 11.8. The average Bonchev–Trinajstić information content (AvgIpc) is 3.29. The van der Waals surface area contributed by atoms with Crippen LogP contribution in [0.4, 0.5) is 5.69 Å². The normalized spacial score (nSPS) is 15.3. The highest BCUT2D eigenvalue weighted by Gasteiger charge is 2.31. The molecule has 1 aliphatic carbocycles. The molecule has 2 rings (SSSR count). The summed E-state index contributed by atoms with van der Waals surface area (Å²) in [6, 6.07) is 6.14. The molecule has 1 aromatic rings. The van der Waals surface area contributed by atoms with Crippen molar-refractivity contribution in [2.45, 2.75) is 25.3 Å². The first-order chi connectivity index (χ1) is 10.1. The number of nitro benzene ring substituents is 1. The summed E-state index contributed by atoms with van der Waals surface area (Å²) in [5.41, 5.74) is 5.51. The van der Waals surface area contributed by atoms with Crippen LogP contribution in [0.15, 0.2) is 24.3 Å². The number of carbonyl (C=O) groups excluding carboxylic acids is 1.